The molecule has 31 heavy (non-hydrogen) atoms. The van der Waals surface area contributed by atoms with Crippen LogP contribution < -0.4 is 4.90 Å². The highest BCUT2D eigenvalue weighted by Gasteiger charge is 2.41. The van der Waals surface area contributed by atoms with Gasteiger partial charge in [0.2, 0.25) is 11.8 Å². The zero-order valence-electron chi connectivity index (χ0n) is 17.9. The number of anilines is 1. The summed E-state index contributed by atoms with van der Waals surface area (Å²) in [5, 5.41) is -0.442. The topological polar surface area (TPSA) is 43.9 Å². The standard InChI is InChI=1S/C24H27N3O2S2/c1-17-8-9-18(2)20(14-17)27-22(28)15-21(23(27)29)31-24(30)26-12-10-25(11-13-26)16-19-6-4-3-5-7-19/h3-9,14,21H,10-13,15-16H2,1-2H3/t21-/m1/s1. The van der Waals surface area contributed by atoms with Crippen molar-refractivity contribution in [3.05, 3.63) is 65.2 Å². The number of aryl methyl sites for hydroxylation is 2. The van der Waals surface area contributed by atoms with Gasteiger partial charge in [0.15, 0.2) is 0 Å². The summed E-state index contributed by atoms with van der Waals surface area (Å²) in [6.45, 7) is 8.38. The first-order chi connectivity index (χ1) is 14.9. The maximum atomic E-state index is 13.1. The first kappa shape index (κ1) is 22.0. The van der Waals surface area contributed by atoms with E-state index in [1.165, 1.54) is 22.2 Å². The lowest BCUT2D eigenvalue weighted by atomic mass is 10.1. The molecule has 0 saturated carbocycles. The summed E-state index contributed by atoms with van der Waals surface area (Å²) in [7, 11) is 0. The number of carbonyl (C=O) groups is 2. The number of hydrogen-bond acceptors (Lipinski definition) is 5. The van der Waals surface area contributed by atoms with Crippen molar-refractivity contribution in [1.82, 2.24) is 9.80 Å². The Balaban J connectivity index is 1.33. The summed E-state index contributed by atoms with van der Waals surface area (Å²) in [6, 6.07) is 16.3. The van der Waals surface area contributed by atoms with E-state index in [9.17, 15) is 9.59 Å². The Bertz CT molecular complexity index is 988. The fraction of sp³-hybridized carbons (Fsp3) is 0.375. The number of imide groups is 1. The van der Waals surface area contributed by atoms with Crippen LogP contribution in [0.2, 0.25) is 0 Å². The van der Waals surface area contributed by atoms with Crippen molar-refractivity contribution in [1.29, 1.82) is 0 Å². The lowest BCUT2D eigenvalue weighted by Crippen LogP contribution is -2.47. The molecule has 4 rings (SSSR count). The second-order valence-corrected chi connectivity index (χ2v) is 10.0. The average molecular weight is 454 g/mol. The van der Waals surface area contributed by atoms with Crippen LogP contribution in [0.3, 0.4) is 0 Å². The molecule has 0 aromatic heterocycles. The van der Waals surface area contributed by atoms with Crippen LogP contribution in [0.5, 0.6) is 0 Å². The monoisotopic (exact) mass is 453 g/mol. The molecule has 0 N–H and O–H groups in total. The highest BCUT2D eigenvalue weighted by molar-refractivity contribution is 8.23. The first-order valence-corrected chi connectivity index (χ1v) is 11.9. The fourth-order valence-electron chi connectivity index (χ4n) is 4.04. The van der Waals surface area contributed by atoms with Gasteiger partial charge in [-0.25, -0.2) is 4.90 Å². The normalized spacial score (nSPS) is 19.9. The zero-order chi connectivity index (χ0) is 22.0. The Morgan fingerprint density at radius 2 is 1.74 bits per heavy atom. The van der Waals surface area contributed by atoms with E-state index in [4.69, 9.17) is 12.2 Å². The van der Waals surface area contributed by atoms with Gasteiger partial charge in [0.1, 0.15) is 9.57 Å². The second kappa shape index (κ2) is 9.51. The molecule has 2 aliphatic heterocycles. The molecule has 0 unspecified atom stereocenters. The minimum absolute atomic E-state index is 0.147. The first-order valence-electron chi connectivity index (χ1n) is 10.6. The Morgan fingerprint density at radius 1 is 1.03 bits per heavy atom. The van der Waals surface area contributed by atoms with Crippen molar-refractivity contribution < 1.29 is 9.59 Å². The Labute approximate surface area is 193 Å². The molecular formula is C24H27N3O2S2. The maximum Gasteiger partial charge on any atom is 0.247 e. The largest absolute Gasteiger partial charge is 0.355 e. The SMILES string of the molecule is Cc1ccc(C)c(N2C(=O)C[C@@H](SC(=S)N3CCN(Cc4ccccc4)CC3)C2=O)c1. The molecule has 7 heteroatoms. The van der Waals surface area contributed by atoms with E-state index in [1.807, 2.05) is 38.1 Å². The molecular weight excluding hydrogens is 426 g/mol. The van der Waals surface area contributed by atoms with Crippen LogP contribution >= 0.6 is 24.0 Å². The van der Waals surface area contributed by atoms with Crippen LogP contribution in [-0.2, 0) is 16.1 Å². The second-order valence-electron chi connectivity index (χ2n) is 8.18. The molecule has 0 bridgehead atoms. The summed E-state index contributed by atoms with van der Waals surface area (Å²) in [4.78, 5) is 31.6. The van der Waals surface area contributed by atoms with E-state index < -0.39 is 5.25 Å². The predicted molar refractivity (Wildman–Crippen MR) is 130 cm³/mol. The van der Waals surface area contributed by atoms with Gasteiger partial charge < -0.3 is 4.90 Å². The van der Waals surface area contributed by atoms with Crippen molar-refractivity contribution in [2.24, 2.45) is 0 Å². The van der Waals surface area contributed by atoms with Crippen molar-refractivity contribution >= 4 is 45.8 Å². The summed E-state index contributed by atoms with van der Waals surface area (Å²) in [5.41, 5.74) is 3.96. The van der Waals surface area contributed by atoms with Crippen molar-refractivity contribution in [2.45, 2.75) is 32.1 Å². The molecule has 0 aliphatic carbocycles. The third kappa shape index (κ3) is 5.00. The van der Waals surface area contributed by atoms with Crippen LogP contribution in [0.25, 0.3) is 0 Å². The molecule has 2 aromatic rings. The van der Waals surface area contributed by atoms with Crippen LogP contribution in [-0.4, -0.2) is 57.4 Å². The fourth-order valence-corrected chi connectivity index (χ4v) is 5.57. The Kier molecular flexibility index (Phi) is 6.74. The number of rotatable bonds is 4. The van der Waals surface area contributed by atoms with Crippen LogP contribution in [0.4, 0.5) is 5.69 Å². The summed E-state index contributed by atoms with van der Waals surface area (Å²) in [6.07, 6.45) is 0.199. The van der Waals surface area contributed by atoms with E-state index in [0.717, 1.165) is 43.9 Å². The number of nitrogens with zero attached hydrogens (tertiary/aromatic N) is 3. The van der Waals surface area contributed by atoms with Crippen molar-refractivity contribution in [2.75, 3.05) is 31.1 Å². The molecule has 5 nitrogen and oxygen atoms in total. The van der Waals surface area contributed by atoms with Crippen LogP contribution in [0, 0.1) is 13.8 Å². The molecule has 0 spiro atoms. The van der Waals surface area contributed by atoms with Gasteiger partial charge in [-0.1, -0.05) is 66.4 Å². The molecule has 2 fully saturated rings. The van der Waals surface area contributed by atoms with Gasteiger partial charge in [0.05, 0.1) is 5.69 Å². The van der Waals surface area contributed by atoms with E-state index in [2.05, 4.69) is 34.1 Å². The van der Waals surface area contributed by atoms with Gasteiger partial charge in [-0.3, -0.25) is 14.5 Å². The molecule has 2 saturated heterocycles. The molecule has 0 radical (unpaired) electrons. The number of thioether (sulfide) groups is 1. The van der Waals surface area contributed by atoms with E-state index >= 15 is 0 Å². The molecule has 2 aromatic carbocycles. The van der Waals surface area contributed by atoms with Crippen LogP contribution in [0.15, 0.2) is 48.5 Å². The number of hydrogen-bond donors (Lipinski definition) is 0. The van der Waals surface area contributed by atoms with Crippen molar-refractivity contribution in [3.8, 4) is 0 Å². The molecule has 2 amide bonds. The van der Waals surface area contributed by atoms with Crippen molar-refractivity contribution in [3.63, 3.8) is 0 Å². The number of benzene rings is 2. The van der Waals surface area contributed by atoms with E-state index in [-0.39, 0.29) is 18.2 Å². The Hall–Kier alpha value is -2.22. The van der Waals surface area contributed by atoms with Gasteiger partial charge >= 0.3 is 0 Å². The van der Waals surface area contributed by atoms with Gasteiger partial charge in [-0.15, -0.1) is 0 Å². The van der Waals surface area contributed by atoms with Gasteiger partial charge in [0, 0.05) is 39.1 Å². The van der Waals surface area contributed by atoms with E-state index in [0.29, 0.717) is 10.0 Å². The lowest BCUT2D eigenvalue weighted by molar-refractivity contribution is -0.121. The molecule has 2 heterocycles. The average Bonchev–Trinajstić information content (AvgIpc) is 3.04. The lowest BCUT2D eigenvalue weighted by Gasteiger charge is -2.36. The Morgan fingerprint density at radius 3 is 2.45 bits per heavy atom. The summed E-state index contributed by atoms with van der Waals surface area (Å²) in [5.74, 6) is -0.305. The number of piperazine rings is 1. The minimum Gasteiger partial charge on any atom is -0.355 e. The number of amides is 2. The summed E-state index contributed by atoms with van der Waals surface area (Å²) >= 11 is 7.03. The number of thiocarbonyl (C=S) groups is 1. The third-order valence-corrected chi connectivity index (χ3v) is 7.49. The smallest absolute Gasteiger partial charge is 0.247 e. The summed E-state index contributed by atoms with van der Waals surface area (Å²) < 4.78 is 0.716. The highest BCUT2D eigenvalue weighted by Crippen LogP contribution is 2.33. The molecule has 1 atom stereocenters. The minimum atomic E-state index is -0.442. The molecule has 162 valence electrons. The highest BCUT2D eigenvalue weighted by atomic mass is 32.2. The van der Waals surface area contributed by atoms with Gasteiger partial charge in [-0.2, -0.15) is 0 Å². The maximum absolute atomic E-state index is 13.1. The zero-order valence-corrected chi connectivity index (χ0v) is 19.5. The quantitative estimate of drug-likeness (QED) is 0.519. The van der Waals surface area contributed by atoms with Crippen LogP contribution in [0.1, 0.15) is 23.1 Å². The van der Waals surface area contributed by atoms with Gasteiger partial charge in [0.25, 0.3) is 0 Å². The van der Waals surface area contributed by atoms with E-state index in [1.54, 1.807) is 0 Å². The predicted octanol–water partition coefficient (Wildman–Crippen LogP) is 3.77. The third-order valence-electron chi connectivity index (χ3n) is 5.83. The molecule has 2 aliphatic rings. The number of carbonyl (C=O) groups excluding carboxylic acids is 2. The van der Waals surface area contributed by atoms with Gasteiger partial charge in [-0.05, 0) is 36.6 Å².